The molecule has 0 spiro atoms. The molecular weight excluding hydrogens is 292 g/mol. The van der Waals surface area contributed by atoms with Crippen LogP contribution in [0.15, 0.2) is 24.5 Å². The number of amides is 1. The third-order valence-electron chi connectivity index (χ3n) is 2.57. The molecule has 0 fully saturated rings. The minimum Gasteiger partial charge on any atom is -0.322 e. The molecule has 0 saturated carbocycles. The van der Waals surface area contributed by atoms with Gasteiger partial charge in [0, 0.05) is 12.3 Å². The number of benzene rings is 1. The van der Waals surface area contributed by atoms with Gasteiger partial charge in [-0.25, -0.2) is 17.6 Å². The number of carbonyl (C=O) groups excluding carboxylic acids is 1. The van der Waals surface area contributed by atoms with Gasteiger partial charge >= 0.3 is 0 Å². The number of anilines is 2. The lowest BCUT2D eigenvalue weighted by Crippen LogP contribution is -2.19. The molecular formula is C12H8F4N4O. The molecule has 0 aliphatic rings. The van der Waals surface area contributed by atoms with Crippen LogP contribution in [0, 0.1) is 23.3 Å². The van der Waals surface area contributed by atoms with Crippen LogP contribution in [0.3, 0.4) is 0 Å². The standard InChI is InChI=1S/C12H8F4N4O/c13-6-3-7(14)10(16)11(9(6)15)19-12(21)5-1-2-18-4-8(5)20-17/h1-4,20H,17H2,(H,19,21). The van der Waals surface area contributed by atoms with Crippen LogP contribution in [-0.2, 0) is 0 Å². The van der Waals surface area contributed by atoms with Gasteiger partial charge < -0.3 is 10.7 Å². The zero-order chi connectivity index (χ0) is 15.6. The zero-order valence-corrected chi connectivity index (χ0v) is 10.3. The lowest BCUT2D eigenvalue weighted by atomic mass is 10.2. The van der Waals surface area contributed by atoms with Crippen LogP contribution in [0.1, 0.15) is 10.4 Å². The second-order valence-corrected chi connectivity index (χ2v) is 3.86. The summed E-state index contributed by atoms with van der Waals surface area (Å²) < 4.78 is 53.0. The molecule has 0 aliphatic heterocycles. The van der Waals surface area contributed by atoms with Gasteiger partial charge in [0.1, 0.15) is 5.69 Å². The highest BCUT2D eigenvalue weighted by Gasteiger charge is 2.22. The van der Waals surface area contributed by atoms with Gasteiger partial charge in [-0.05, 0) is 6.07 Å². The van der Waals surface area contributed by atoms with E-state index in [0.717, 1.165) is 0 Å². The summed E-state index contributed by atoms with van der Waals surface area (Å²) in [4.78, 5) is 15.6. The summed E-state index contributed by atoms with van der Waals surface area (Å²) in [5, 5.41) is 1.76. The average molecular weight is 300 g/mol. The number of halogens is 4. The highest BCUT2D eigenvalue weighted by molar-refractivity contribution is 6.07. The summed E-state index contributed by atoms with van der Waals surface area (Å²) >= 11 is 0. The Balaban J connectivity index is 2.41. The van der Waals surface area contributed by atoms with Crippen molar-refractivity contribution < 1.29 is 22.4 Å². The Kier molecular flexibility index (Phi) is 4.03. The summed E-state index contributed by atoms with van der Waals surface area (Å²) in [7, 11) is 0. The van der Waals surface area contributed by atoms with Crippen molar-refractivity contribution in [3.8, 4) is 0 Å². The predicted molar refractivity (Wildman–Crippen MR) is 66.3 cm³/mol. The van der Waals surface area contributed by atoms with Gasteiger partial charge in [-0.3, -0.25) is 15.6 Å². The first-order valence-electron chi connectivity index (χ1n) is 5.50. The quantitative estimate of drug-likeness (QED) is 0.351. The van der Waals surface area contributed by atoms with Gasteiger partial charge in [0.25, 0.3) is 5.91 Å². The van der Waals surface area contributed by atoms with Crippen molar-refractivity contribution in [1.82, 2.24) is 4.98 Å². The van der Waals surface area contributed by atoms with Crippen molar-refractivity contribution in [2.24, 2.45) is 5.84 Å². The van der Waals surface area contributed by atoms with Gasteiger partial charge in [0.2, 0.25) is 0 Å². The Labute approximate surface area is 115 Å². The van der Waals surface area contributed by atoms with E-state index in [2.05, 4.69) is 10.4 Å². The number of nitrogens with zero attached hydrogens (tertiary/aromatic N) is 1. The maximum absolute atomic E-state index is 13.5. The Bertz CT molecular complexity index is 682. The van der Waals surface area contributed by atoms with E-state index in [1.165, 1.54) is 18.5 Å². The minimum atomic E-state index is -1.71. The fraction of sp³-hybridized carbons (Fsp3) is 0. The van der Waals surface area contributed by atoms with Crippen LogP contribution in [0.4, 0.5) is 28.9 Å². The smallest absolute Gasteiger partial charge is 0.258 e. The maximum Gasteiger partial charge on any atom is 0.258 e. The molecule has 1 aromatic heterocycles. The first kappa shape index (κ1) is 14.7. The molecule has 1 heterocycles. The highest BCUT2D eigenvalue weighted by Crippen LogP contribution is 2.25. The van der Waals surface area contributed by atoms with Crippen LogP contribution < -0.4 is 16.6 Å². The monoisotopic (exact) mass is 300 g/mol. The molecule has 5 nitrogen and oxygen atoms in total. The van der Waals surface area contributed by atoms with Crippen molar-refractivity contribution >= 4 is 17.3 Å². The Morgan fingerprint density at radius 3 is 2.33 bits per heavy atom. The number of nitrogen functional groups attached to an aromatic ring is 1. The molecule has 0 saturated heterocycles. The number of rotatable bonds is 3. The molecule has 0 aliphatic carbocycles. The van der Waals surface area contributed by atoms with Crippen LogP contribution in [0.5, 0.6) is 0 Å². The molecule has 110 valence electrons. The van der Waals surface area contributed by atoms with Crippen LogP contribution in [0.2, 0.25) is 0 Å². The third-order valence-corrected chi connectivity index (χ3v) is 2.57. The summed E-state index contributed by atoms with van der Waals surface area (Å²) in [5.74, 6) is -2.55. The first-order chi connectivity index (χ1) is 9.95. The van der Waals surface area contributed by atoms with E-state index < -0.39 is 34.9 Å². The van der Waals surface area contributed by atoms with Gasteiger partial charge in [-0.1, -0.05) is 0 Å². The lowest BCUT2D eigenvalue weighted by molar-refractivity contribution is 0.102. The van der Waals surface area contributed by atoms with E-state index in [1.807, 2.05) is 0 Å². The minimum absolute atomic E-state index is 0.0413. The molecule has 21 heavy (non-hydrogen) atoms. The van der Waals surface area contributed by atoms with Gasteiger partial charge in [-0.2, -0.15) is 0 Å². The normalized spacial score (nSPS) is 10.3. The van der Waals surface area contributed by atoms with Crippen LogP contribution >= 0.6 is 0 Å². The fourth-order valence-electron chi connectivity index (χ4n) is 1.57. The number of hydrazine groups is 1. The average Bonchev–Trinajstić information content (AvgIpc) is 2.49. The third kappa shape index (κ3) is 2.77. The number of aromatic nitrogens is 1. The molecule has 2 aromatic rings. The van der Waals surface area contributed by atoms with Gasteiger partial charge in [-0.15, -0.1) is 0 Å². The number of nitrogens with two attached hydrogens (primary N) is 1. The number of nitrogens with one attached hydrogen (secondary N) is 2. The van der Waals surface area contributed by atoms with Crippen molar-refractivity contribution in [2.75, 3.05) is 10.7 Å². The molecule has 1 aromatic carbocycles. The van der Waals surface area contributed by atoms with Gasteiger partial charge in [0.05, 0.1) is 17.4 Å². The second-order valence-electron chi connectivity index (χ2n) is 3.86. The summed E-state index contributed by atoms with van der Waals surface area (Å²) in [5.41, 5.74) is 0.878. The van der Waals surface area contributed by atoms with Crippen LogP contribution in [-0.4, -0.2) is 10.9 Å². The second kappa shape index (κ2) is 5.75. The van der Waals surface area contributed by atoms with E-state index in [1.54, 1.807) is 5.32 Å². The molecule has 2 rings (SSSR count). The number of hydrogen-bond acceptors (Lipinski definition) is 4. The largest absolute Gasteiger partial charge is 0.322 e. The maximum atomic E-state index is 13.5. The molecule has 0 bridgehead atoms. The first-order valence-corrected chi connectivity index (χ1v) is 5.50. The molecule has 0 atom stereocenters. The molecule has 0 unspecified atom stereocenters. The topological polar surface area (TPSA) is 80.0 Å². The van der Waals surface area contributed by atoms with Crippen molar-refractivity contribution in [3.63, 3.8) is 0 Å². The number of carbonyl (C=O) groups is 1. The van der Waals surface area contributed by atoms with E-state index in [0.29, 0.717) is 0 Å². The zero-order valence-electron chi connectivity index (χ0n) is 10.3. The SMILES string of the molecule is NNc1cnccc1C(=O)Nc1c(F)c(F)cc(F)c1F. The Morgan fingerprint density at radius 1 is 1.14 bits per heavy atom. The van der Waals surface area contributed by atoms with Crippen molar-refractivity contribution in [2.45, 2.75) is 0 Å². The van der Waals surface area contributed by atoms with E-state index in [-0.39, 0.29) is 17.3 Å². The van der Waals surface area contributed by atoms with E-state index in [4.69, 9.17) is 5.84 Å². The summed E-state index contributed by atoms with van der Waals surface area (Å²) in [6.07, 6.45) is 2.42. The highest BCUT2D eigenvalue weighted by atomic mass is 19.2. The predicted octanol–water partition coefficient (Wildman–Crippen LogP) is 2.18. The summed E-state index contributed by atoms with van der Waals surface area (Å²) in [6.45, 7) is 0. The Morgan fingerprint density at radius 2 is 1.76 bits per heavy atom. The number of pyridine rings is 1. The summed E-state index contributed by atoms with van der Waals surface area (Å²) in [6, 6.07) is 1.25. The molecule has 4 N–H and O–H groups in total. The lowest BCUT2D eigenvalue weighted by Gasteiger charge is -2.11. The van der Waals surface area contributed by atoms with Gasteiger partial charge in [0.15, 0.2) is 23.3 Å². The molecule has 1 amide bonds. The van der Waals surface area contributed by atoms with Crippen LogP contribution in [0.25, 0.3) is 0 Å². The van der Waals surface area contributed by atoms with E-state index in [9.17, 15) is 22.4 Å². The van der Waals surface area contributed by atoms with Crippen molar-refractivity contribution in [1.29, 1.82) is 0 Å². The van der Waals surface area contributed by atoms with Crippen molar-refractivity contribution in [3.05, 3.63) is 53.4 Å². The number of hydrogen-bond donors (Lipinski definition) is 3. The molecule has 9 heteroatoms. The Hall–Kier alpha value is -2.68. The fourth-order valence-corrected chi connectivity index (χ4v) is 1.57. The molecule has 0 radical (unpaired) electrons. The van der Waals surface area contributed by atoms with E-state index >= 15 is 0 Å².